The fourth-order valence-electron chi connectivity index (χ4n) is 3.15. The zero-order valence-electron chi connectivity index (χ0n) is 14.7. The Balaban J connectivity index is 1.66. The van der Waals surface area contributed by atoms with E-state index in [-0.39, 0.29) is 11.1 Å². The molecular formula is C19H15N5O4. The van der Waals surface area contributed by atoms with Crippen LogP contribution in [0.15, 0.2) is 59.4 Å². The zero-order chi connectivity index (χ0) is 19.9. The molecule has 1 aliphatic heterocycles. The van der Waals surface area contributed by atoms with Crippen molar-refractivity contribution in [2.24, 2.45) is 0 Å². The number of carbonyl (C=O) groups is 3. The molecule has 1 saturated heterocycles. The van der Waals surface area contributed by atoms with Crippen LogP contribution in [0.2, 0.25) is 0 Å². The van der Waals surface area contributed by atoms with Gasteiger partial charge in [-0.2, -0.15) is 10.1 Å². The number of fused-ring (bicyclic) bond motifs is 1. The van der Waals surface area contributed by atoms with Gasteiger partial charge in [0, 0.05) is 5.39 Å². The predicted octanol–water partition coefficient (Wildman–Crippen LogP) is 1.04. The smallest absolute Gasteiger partial charge is 0.318 e. The third kappa shape index (κ3) is 2.60. The number of aromatic amines is 1. The van der Waals surface area contributed by atoms with Crippen LogP contribution in [0.4, 0.5) is 4.79 Å². The Morgan fingerprint density at radius 1 is 1.00 bits per heavy atom. The van der Waals surface area contributed by atoms with E-state index >= 15 is 0 Å². The molecule has 1 fully saturated rings. The Morgan fingerprint density at radius 3 is 2.36 bits per heavy atom. The van der Waals surface area contributed by atoms with Gasteiger partial charge in [0.15, 0.2) is 5.69 Å². The summed E-state index contributed by atoms with van der Waals surface area (Å²) < 4.78 is 0. The highest BCUT2D eigenvalue weighted by molar-refractivity contribution is 6.11. The van der Waals surface area contributed by atoms with Gasteiger partial charge in [0.1, 0.15) is 5.54 Å². The number of amides is 4. The van der Waals surface area contributed by atoms with Crippen LogP contribution in [0.1, 0.15) is 23.0 Å². The number of H-pyrrole nitrogens is 1. The SMILES string of the molecule is CC1(c2ccccc2)NC(=O)N(NC(=O)c2n[nH]c(=O)c3ccccc23)C1=O. The molecule has 3 N–H and O–H groups in total. The van der Waals surface area contributed by atoms with Gasteiger partial charge in [-0.1, -0.05) is 48.5 Å². The number of nitrogens with one attached hydrogen (secondary N) is 3. The van der Waals surface area contributed by atoms with Crippen molar-refractivity contribution >= 4 is 28.6 Å². The Morgan fingerprint density at radius 2 is 1.64 bits per heavy atom. The second-order valence-electron chi connectivity index (χ2n) is 6.45. The highest BCUT2D eigenvalue weighted by atomic mass is 16.2. The van der Waals surface area contributed by atoms with Crippen LogP contribution in [0.3, 0.4) is 0 Å². The van der Waals surface area contributed by atoms with Gasteiger partial charge in [-0.3, -0.25) is 19.8 Å². The molecule has 4 rings (SSSR count). The van der Waals surface area contributed by atoms with Gasteiger partial charge in [-0.25, -0.2) is 9.89 Å². The van der Waals surface area contributed by atoms with Crippen LogP contribution < -0.4 is 16.3 Å². The van der Waals surface area contributed by atoms with Gasteiger partial charge in [0.2, 0.25) is 0 Å². The van der Waals surface area contributed by atoms with E-state index in [1.54, 1.807) is 61.5 Å². The maximum absolute atomic E-state index is 12.9. The molecule has 140 valence electrons. The molecule has 9 heteroatoms. The van der Waals surface area contributed by atoms with Crippen molar-refractivity contribution in [1.29, 1.82) is 0 Å². The van der Waals surface area contributed by atoms with Crippen molar-refractivity contribution in [3.8, 4) is 0 Å². The summed E-state index contributed by atoms with van der Waals surface area (Å²) in [5.74, 6) is -1.43. The summed E-state index contributed by atoms with van der Waals surface area (Å²) in [5.41, 5.74) is 0.995. The lowest BCUT2D eigenvalue weighted by Crippen LogP contribution is -2.48. The van der Waals surface area contributed by atoms with Gasteiger partial charge in [-0.05, 0) is 18.6 Å². The lowest BCUT2D eigenvalue weighted by Gasteiger charge is -2.22. The molecule has 0 radical (unpaired) electrons. The molecule has 0 aliphatic carbocycles. The molecule has 2 heterocycles. The first-order valence-electron chi connectivity index (χ1n) is 8.42. The van der Waals surface area contributed by atoms with E-state index in [1.807, 2.05) is 0 Å². The lowest BCUT2D eigenvalue weighted by molar-refractivity contribution is -0.132. The fourth-order valence-corrected chi connectivity index (χ4v) is 3.15. The fraction of sp³-hybridized carbons (Fsp3) is 0.105. The van der Waals surface area contributed by atoms with E-state index in [1.165, 1.54) is 0 Å². The van der Waals surface area contributed by atoms with E-state index in [0.717, 1.165) is 0 Å². The molecule has 1 aliphatic rings. The minimum atomic E-state index is -1.31. The maximum Gasteiger partial charge on any atom is 0.344 e. The second kappa shape index (κ2) is 6.31. The molecule has 4 amide bonds. The molecule has 9 nitrogen and oxygen atoms in total. The van der Waals surface area contributed by atoms with E-state index in [9.17, 15) is 19.2 Å². The molecule has 0 spiro atoms. The van der Waals surface area contributed by atoms with Crippen molar-refractivity contribution in [3.63, 3.8) is 0 Å². The number of benzene rings is 2. The van der Waals surface area contributed by atoms with Crippen molar-refractivity contribution in [3.05, 3.63) is 76.2 Å². The molecule has 1 unspecified atom stereocenters. The van der Waals surface area contributed by atoms with Crippen LogP contribution in [0.25, 0.3) is 10.8 Å². The second-order valence-corrected chi connectivity index (χ2v) is 6.45. The number of rotatable bonds is 3. The number of imide groups is 1. The maximum atomic E-state index is 12.9. The van der Waals surface area contributed by atoms with Gasteiger partial charge in [-0.15, -0.1) is 0 Å². The topological polar surface area (TPSA) is 124 Å². The predicted molar refractivity (Wildman–Crippen MR) is 99.0 cm³/mol. The number of urea groups is 1. The van der Waals surface area contributed by atoms with Crippen molar-refractivity contribution in [2.45, 2.75) is 12.5 Å². The minimum absolute atomic E-state index is 0.107. The summed E-state index contributed by atoms with van der Waals surface area (Å²) in [6.45, 7) is 1.56. The Kier molecular flexibility index (Phi) is 3.92. The standard InChI is InChI=1S/C19H15N5O4/c1-19(11-7-3-2-4-8-11)17(27)24(18(28)20-19)23-16(26)14-12-9-5-6-10-13(12)15(25)22-21-14/h2-10H,1H3,(H,20,28)(H,22,25)(H,23,26). The first-order chi connectivity index (χ1) is 13.4. The number of aromatic nitrogens is 2. The highest BCUT2D eigenvalue weighted by Gasteiger charge is 2.50. The van der Waals surface area contributed by atoms with Crippen molar-refractivity contribution in [1.82, 2.24) is 25.9 Å². The highest BCUT2D eigenvalue weighted by Crippen LogP contribution is 2.27. The summed E-state index contributed by atoms with van der Waals surface area (Å²) in [6.07, 6.45) is 0. The average molecular weight is 377 g/mol. The number of carbonyl (C=O) groups excluding carboxylic acids is 3. The van der Waals surface area contributed by atoms with Crippen molar-refractivity contribution in [2.75, 3.05) is 0 Å². The summed E-state index contributed by atoms with van der Waals surface area (Å²) in [7, 11) is 0. The van der Waals surface area contributed by atoms with E-state index in [4.69, 9.17) is 0 Å². The van der Waals surface area contributed by atoms with Crippen LogP contribution in [-0.2, 0) is 10.3 Å². The summed E-state index contributed by atoms with van der Waals surface area (Å²) >= 11 is 0. The third-order valence-corrected chi connectivity index (χ3v) is 4.67. The number of hydrogen-bond acceptors (Lipinski definition) is 5. The Hall–Kier alpha value is -4.01. The average Bonchev–Trinajstić information content (AvgIpc) is 2.93. The third-order valence-electron chi connectivity index (χ3n) is 4.67. The van der Waals surface area contributed by atoms with E-state index < -0.39 is 28.9 Å². The van der Waals surface area contributed by atoms with Crippen LogP contribution in [0.5, 0.6) is 0 Å². The molecule has 1 aromatic heterocycles. The number of nitrogens with zero attached hydrogens (tertiary/aromatic N) is 2. The molecule has 2 aromatic carbocycles. The van der Waals surface area contributed by atoms with Crippen LogP contribution in [0, 0.1) is 0 Å². The number of hydrazine groups is 1. The van der Waals surface area contributed by atoms with Gasteiger partial charge in [0.05, 0.1) is 5.39 Å². The Labute approximate surface area is 158 Å². The summed E-state index contributed by atoms with van der Waals surface area (Å²) in [5, 5.41) is 9.81. The summed E-state index contributed by atoms with van der Waals surface area (Å²) in [6, 6.07) is 14.4. The van der Waals surface area contributed by atoms with Gasteiger partial charge >= 0.3 is 6.03 Å². The first-order valence-corrected chi connectivity index (χ1v) is 8.42. The zero-order valence-corrected chi connectivity index (χ0v) is 14.7. The summed E-state index contributed by atoms with van der Waals surface area (Å²) in [4.78, 5) is 49.8. The van der Waals surface area contributed by atoms with Gasteiger partial charge in [0.25, 0.3) is 17.4 Å². The molecule has 1 atom stereocenters. The van der Waals surface area contributed by atoms with E-state index in [2.05, 4.69) is 20.9 Å². The Bertz CT molecular complexity index is 1170. The largest absolute Gasteiger partial charge is 0.344 e. The molecule has 3 aromatic rings. The number of hydrogen-bond donors (Lipinski definition) is 3. The minimum Gasteiger partial charge on any atom is -0.318 e. The molecular weight excluding hydrogens is 362 g/mol. The molecule has 28 heavy (non-hydrogen) atoms. The van der Waals surface area contributed by atoms with E-state index in [0.29, 0.717) is 16.0 Å². The molecule has 0 saturated carbocycles. The van der Waals surface area contributed by atoms with Crippen LogP contribution >= 0.6 is 0 Å². The first kappa shape index (κ1) is 17.4. The normalized spacial score (nSPS) is 19.0. The monoisotopic (exact) mass is 377 g/mol. The van der Waals surface area contributed by atoms with Crippen molar-refractivity contribution < 1.29 is 14.4 Å². The quantitative estimate of drug-likeness (QED) is 0.588. The van der Waals surface area contributed by atoms with Gasteiger partial charge < -0.3 is 5.32 Å². The van der Waals surface area contributed by atoms with Crippen LogP contribution in [-0.4, -0.2) is 33.1 Å². The molecule has 0 bridgehead atoms. The lowest BCUT2D eigenvalue weighted by atomic mass is 9.92.